The molecule has 17 heavy (non-hydrogen) atoms. The Morgan fingerprint density at radius 1 is 1.35 bits per heavy atom. The standard InChI is InChI=1S/C11H13BrFNO2S/c1-8-6-9(12)10(13)7-11(8)14-4-2-3-5-17(14,15)16/h6-7H,2-5H2,1H3. The molecule has 6 heteroatoms. The Kier molecular flexibility index (Phi) is 3.45. The highest BCUT2D eigenvalue weighted by molar-refractivity contribution is 9.10. The topological polar surface area (TPSA) is 37.4 Å². The Morgan fingerprint density at radius 2 is 2.06 bits per heavy atom. The molecule has 3 nitrogen and oxygen atoms in total. The van der Waals surface area contributed by atoms with Gasteiger partial charge in [0.2, 0.25) is 10.0 Å². The van der Waals surface area contributed by atoms with Crippen molar-refractivity contribution in [3.8, 4) is 0 Å². The van der Waals surface area contributed by atoms with Gasteiger partial charge in [0.1, 0.15) is 5.82 Å². The van der Waals surface area contributed by atoms with E-state index in [1.54, 1.807) is 13.0 Å². The average molecular weight is 322 g/mol. The SMILES string of the molecule is Cc1cc(Br)c(F)cc1N1CCCCS1(=O)=O. The molecule has 1 heterocycles. The minimum absolute atomic E-state index is 0.143. The minimum atomic E-state index is -3.28. The maximum atomic E-state index is 13.5. The first-order chi connectivity index (χ1) is 7.92. The van der Waals surface area contributed by atoms with Crippen molar-refractivity contribution >= 4 is 31.6 Å². The van der Waals surface area contributed by atoms with E-state index in [9.17, 15) is 12.8 Å². The lowest BCUT2D eigenvalue weighted by atomic mass is 10.2. The highest BCUT2D eigenvalue weighted by Gasteiger charge is 2.27. The number of rotatable bonds is 1. The normalized spacial score (nSPS) is 19.4. The fourth-order valence-electron chi connectivity index (χ4n) is 1.96. The summed E-state index contributed by atoms with van der Waals surface area (Å²) in [6.07, 6.45) is 1.49. The van der Waals surface area contributed by atoms with Crippen LogP contribution in [0.25, 0.3) is 0 Å². The van der Waals surface area contributed by atoms with Crippen LogP contribution in [0.1, 0.15) is 18.4 Å². The van der Waals surface area contributed by atoms with Crippen LogP contribution in [-0.4, -0.2) is 20.7 Å². The Hall–Kier alpha value is -0.620. The summed E-state index contributed by atoms with van der Waals surface area (Å²) in [6, 6.07) is 2.89. The Bertz CT molecular complexity index is 545. The molecule has 2 rings (SSSR count). The van der Waals surface area contributed by atoms with Crippen molar-refractivity contribution in [3.63, 3.8) is 0 Å². The van der Waals surface area contributed by atoms with Gasteiger partial charge in [-0.05, 0) is 53.4 Å². The lowest BCUT2D eigenvalue weighted by Gasteiger charge is -2.29. The van der Waals surface area contributed by atoms with Gasteiger partial charge in [-0.1, -0.05) is 0 Å². The molecule has 1 aromatic carbocycles. The fraction of sp³-hybridized carbons (Fsp3) is 0.455. The first-order valence-electron chi connectivity index (χ1n) is 5.38. The van der Waals surface area contributed by atoms with E-state index >= 15 is 0 Å². The third-order valence-electron chi connectivity index (χ3n) is 2.86. The summed E-state index contributed by atoms with van der Waals surface area (Å²) < 4.78 is 39.0. The van der Waals surface area contributed by atoms with Gasteiger partial charge in [-0.3, -0.25) is 4.31 Å². The molecule has 0 atom stereocenters. The third kappa shape index (κ3) is 2.47. The van der Waals surface area contributed by atoms with Crippen LogP contribution in [-0.2, 0) is 10.0 Å². The van der Waals surface area contributed by atoms with Crippen molar-refractivity contribution in [2.24, 2.45) is 0 Å². The summed E-state index contributed by atoms with van der Waals surface area (Å²) in [4.78, 5) is 0. The number of nitrogens with zero attached hydrogens (tertiary/aromatic N) is 1. The summed E-state index contributed by atoms with van der Waals surface area (Å²) in [5.41, 5.74) is 1.20. The molecule has 0 aliphatic carbocycles. The molecule has 0 radical (unpaired) electrons. The Labute approximate surface area is 109 Å². The molecule has 0 saturated carbocycles. The predicted molar refractivity (Wildman–Crippen MR) is 69.2 cm³/mol. The van der Waals surface area contributed by atoms with Gasteiger partial charge in [-0.15, -0.1) is 0 Å². The third-order valence-corrected chi connectivity index (χ3v) is 5.32. The lowest BCUT2D eigenvalue weighted by molar-refractivity contribution is 0.573. The summed E-state index contributed by atoms with van der Waals surface area (Å²) in [5.74, 6) is -0.296. The van der Waals surface area contributed by atoms with E-state index in [4.69, 9.17) is 0 Å². The van der Waals surface area contributed by atoms with Gasteiger partial charge in [0.25, 0.3) is 0 Å². The highest BCUT2D eigenvalue weighted by atomic mass is 79.9. The predicted octanol–water partition coefficient (Wildman–Crippen LogP) is 2.83. The molecule has 0 aromatic heterocycles. The highest BCUT2D eigenvalue weighted by Crippen LogP contribution is 2.30. The Balaban J connectivity index is 2.50. The number of halogens is 2. The molecule has 0 bridgehead atoms. The van der Waals surface area contributed by atoms with Crippen molar-refractivity contribution in [2.45, 2.75) is 19.8 Å². The van der Waals surface area contributed by atoms with Crippen LogP contribution in [0.3, 0.4) is 0 Å². The van der Waals surface area contributed by atoms with Crippen LogP contribution in [0.4, 0.5) is 10.1 Å². The Morgan fingerprint density at radius 3 is 2.71 bits per heavy atom. The van der Waals surface area contributed by atoms with Crippen LogP contribution in [0.5, 0.6) is 0 Å². The second-order valence-electron chi connectivity index (χ2n) is 4.15. The van der Waals surface area contributed by atoms with Crippen molar-refractivity contribution in [3.05, 3.63) is 28.0 Å². The maximum Gasteiger partial charge on any atom is 0.235 e. The average Bonchev–Trinajstić information content (AvgIpc) is 2.23. The summed E-state index contributed by atoms with van der Waals surface area (Å²) in [6.45, 7) is 2.22. The zero-order valence-electron chi connectivity index (χ0n) is 9.41. The minimum Gasteiger partial charge on any atom is -0.270 e. The molecule has 0 unspecified atom stereocenters. The molecule has 0 spiro atoms. The van der Waals surface area contributed by atoms with Crippen LogP contribution in [0, 0.1) is 12.7 Å². The van der Waals surface area contributed by atoms with Crippen LogP contribution in [0.15, 0.2) is 16.6 Å². The van der Waals surface area contributed by atoms with E-state index < -0.39 is 15.8 Å². The van der Waals surface area contributed by atoms with E-state index in [1.807, 2.05) is 0 Å². The molecule has 1 aliphatic heterocycles. The number of hydrogen-bond donors (Lipinski definition) is 0. The fourth-order valence-corrected chi connectivity index (χ4v) is 4.11. The van der Waals surface area contributed by atoms with Crippen molar-refractivity contribution in [1.82, 2.24) is 0 Å². The first kappa shape index (κ1) is 12.8. The number of aryl methyl sites for hydroxylation is 1. The van der Waals surface area contributed by atoms with Gasteiger partial charge in [0.15, 0.2) is 0 Å². The second kappa shape index (κ2) is 4.57. The molecule has 0 N–H and O–H groups in total. The van der Waals surface area contributed by atoms with E-state index in [2.05, 4.69) is 15.9 Å². The van der Waals surface area contributed by atoms with Crippen LogP contribution >= 0.6 is 15.9 Å². The van der Waals surface area contributed by atoms with Crippen molar-refractivity contribution in [1.29, 1.82) is 0 Å². The first-order valence-corrected chi connectivity index (χ1v) is 7.78. The summed E-state index contributed by atoms with van der Waals surface area (Å²) >= 11 is 3.09. The largest absolute Gasteiger partial charge is 0.270 e. The van der Waals surface area contributed by atoms with Crippen LogP contribution < -0.4 is 4.31 Å². The van der Waals surface area contributed by atoms with Gasteiger partial charge < -0.3 is 0 Å². The van der Waals surface area contributed by atoms with E-state index in [0.717, 1.165) is 12.0 Å². The zero-order valence-corrected chi connectivity index (χ0v) is 11.8. The van der Waals surface area contributed by atoms with Crippen LogP contribution in [0.2, 0.25) is 0 Å². The molecular weight excluding hydrogens is 309 g/mol. The summed E-state index contributed by atoms with van der Waals surface area (Å²) in [5, 5.41) is 0. The van der Waals surface area contributed by atoms with Gasteiger partial charge in [-0.2, -0.15) is 0 Å². The van der Waals surface area contributed by atoms with E-state index in [1.165, 1.54) is 10.4 Å². The van der Waals surface area contributed by atoms with E-state index in [0.29, 0.717) is 23.1 Å². The smallest absolute Gasteiger partial charge is 0.235 e. The second-order valence-corrected chi connectivity index (χ2v) is 7.02. The molecule has 1 aliphatic rings. The molecule has 1 aromatic rings. The molecule has 1 fully saturated rings. The molecule has 1 saturated heterocycles. The molecule has 94 valence electrons. The number of anilines is 1. The molecular formula is C11H13BrFNO2S. The zero-order chi connectivity index (χ0) is 12.6. The van der Waals surface area contributed by atoms with Gasteiger partial charge >= 0.3 is 0 Å². The van der Waals surface area contributed by atoms with Crippen molar-refractivity contribution in [2.75, 3.05) is 16.6 Å². The van der Waals surface area contributed by atoms with E-state index in [-0.39, 0.29) is 5.75 Å². The van der Waals surface area contributed by atoms with Crippen molar-refractivity contribution < 1.29 is 12.8 Å². The number of benzene rings is 1. The number of hydrogen-bond acceptors (Lipinski definition) is 2. The quantitative estimate of drug-likeness (QED) is 0.797. The summed E-state index contributed by atoms with van der Waals surface area (Å²) in [7, 11) is -3.28. The lowest BCUT2D eigenvalue weighted by Crippen LogP contribution is -2.38. The van der Waals surface area contributed by atoms with Gasteiger partial charge in [0, 0.05) is 6.54 Å². The van der Waals surface area contributed by atoms with Gasteiger partial charge in [0.05, 0.1) is 15.9 Å². The monoisotopic (exact) mass is 321 g/mol. The maximum absolute atomic E-state index is 13.5. The van der Waals surface area contributed by atoms with Gasteiger partial charge in [-0.25, -0.2) is 12.8 Å². The number of sulfonamides is 1. The molecule has 0 amide bonds.